The van der Waals surface area contributed by atoms with Crippen molar-refractivity contribution < 1.29 is 4.74 Å². The third-order valence-electron chi connectivity index (χ3n) is 8.18. The van der Waals surface area contributed by atoms with Crippen LogP contribution < -0.4 is 4.74 Å². The lowest BCUT2D eigenvalue weighted by atomic mass is 9.66. The lowest BCUT2D eigenvalue weighted by Gasteiger charge is -2.36. The summed E-state index contributed by atoms with van der Waals surface area (Å²) in [6, 6.07) is 20.4. The van der Waals surface area contributed by atoms with Crippen LogP contribution in [0.4, 0.5) is 0 Å². The number of hydrogen-bond donors (Lipinski definition) is 0. The van der Waals surface area contributed by atoms with E-state index in [-0.39, 0.29) is 5.41 Å². The molecule has 1 aliphatic rings. The molecule has 0 radical (unpaired) electrons. The zero-order valence-electron chi connectivity index (χ0n) is 23.5. The molecular weight excluding hydrogens is 450 g/mol. The van der Waals surface area contributed by atoms with Crippen molar-refractivity contribution in [2.45, 2.75) is 110 Å². The van der Waals surface area contributed by atoms with Gasteiger partial charge in [-0.1, -0.05) is 101 Å². The monoisotopic (exact) mass is 499 g/mol. The molecule has 2 aromatic carbocycles. The molecule has 0 aromatic heterocycles. The fourth-order valence-corrected chi connectivity index (χ4v) is 5.77. The number of allylic oxidation sites excluding steroid dienone is 1. The van der Waals surface area contributed by atoms with Gasteiger partial charge in [0.15, 0.2) is 0 Å². The van der Waals surface area contributed by atoms with Gasteiger partial charge < -0.3 is 4.74 Å². The van der Waals surface area contributed by atoms with E-state index in [1.165, 1.54) is 74.5 Å². The van der Waals surface area contributed by atoms with Crippen LogP contribution in [-0.4, -0.2) is 6.61 Å². The molecule has 0 amide bonds. The Bertz CT molecular complexity index is 952. The molecule has 0 heterocycles. The Morgan fingerprint density at radius 1 is 0.946 bits per heavy atom. The van der Waals surface area contributed by atoms with Gasteiger partial charge in [-0.25, -0.2) is 0 Å². The van der Waals surface area contributed by atoms with Gasteiger partial charge in [-0.3, -0.25) is 0 Å². The second kappa shape index (κ2) is 15.7. The Kier molecular flexibility index (Phi) is 12.3. The summed E-state index contributed by atoms with van der Waals surface area (Å²) in [5.74, 6) is 2.11. The van der Waals surface area contributed by atoms with Crippen LogP contribution in [0.25, 0.3) is 11.1 Å². The summed E-state index contributed by atoms with van der Waals surface area (Å²) >= 11 is 0. The van der Waals surface area contributed by atoms with Gasteiger partial charge in [0.25, 0.3) is 0 Å². The summed E-state index contributed by atoms with van der Waals surface area (Å²) in [6.07, 6.45) is 18.8. The van der Waals surface area contributed by atoms with E-state index in [9.17, 15) is 5.26 Å². The third kappa shape index (κ3) is 9.70. The van der Waals surface area contributed by atoms with Gasteiger partial charge in [-0.05, 0) is 85.6 Å². The van der Waals surface area contributed by atoms with E-state index < -0.39 is 0 Å². The van der Waals surface area contributed by atoms with Crippen LogP contribution in [0.1, 0.15) is 115 Å². The normalized spacial score (nSPS) is 19.5. The zero-order valence-corrected chi connectivity index (χ0v) is 23.5. The quantitative estimate of drug-likeness (QED) is 0.170. The summed E-state index contributed by atoms with van der Waals surface area (Å²) in [4.78, 5) is 0. The van der Waals surface area contributed by atoms with Gasteiger partial charge in [-0.2, -0.15) is 5.26 Å². The average molecular weight is 500 g/mol. The number of nitriles is 1. The van der Waals surface area contributed by atoms with E-state index >= 15 is 0 Å². The SMILES string of the molecule is C=CCCCCCCCCCC1(C#N)CCCC(c2ccc(-c3ccc(OCCC(C)C)cc3)cc2)C1. The van der Waals surface area contributed by atoms with Crippen molar-refractivity contribution in [1.82, 2.24) is 0 Å². The van der Waals surface area contributed by atoms with Crippen molar-refractivity contribution in [2.75, 3.05) is 6.61 Å². The lowest BCUT2D eigenvalue weighted by molar-refractivity contribution is 0.218. The number of unbranched alkanes of at least 4 members (excludes halogenated alkanes) is 7. The van der Waals surface area contributed by atoms with E-state index in [1.807, 2.05) is 6.08 Å². The van der Waals surface area contributed by atoms with Crippen LogP contribution in [-0.2, 0) is 0 Å². The smallest absolute Gasteiger partial charge is 0.119 e. The van der Waals surface area contributed by atoms with Crippen LogP contribution in [0.15, 0.2) is 61.2 Å². The minimum atomic E-state index is -0.128. The standard InChI is InChI=1S/C35H49NO/c1-4-5-6-7-8-9-10-11-12-24-35(28-36)25-13-14-33(27-35)32-17-15-30(16-18-32)31-19-21-34(22-20-31)37-26-23-29(2)3/h4,15-22,29,33H,1,5-14,23-27H2,2-3H3. The molecule has 1 saturated carbocycles. The summed E-state index contributed by atoms with van der Waals surface area (Å²) in [5.41, 5.74) is 3.73. The van der Waals surface area contributed by atoms with Crippen molar-refractivity contribution in [1.29, 1.82) is 5.26 Å². The molecule has 0 aliphatic heterocycles. The molecule has 2 nitrogen and oxygen atoms in total. The molecule has 1 aliphatic carbocycles. The average Bonchev–Trinajstić information content (AvgIpc) is 2.92. The van der Waals surface area contributed by atoms with Gasteiger partial charge >= 0.3 is 0 Å². The number of benzene rings is 2. The Hall–Kier alpha value is -2.53. The fourth-order valence-electron chi connectivity index (χ4n) is 5.77. The highest BCUT2D eigenvalue weighted by atomic mass is 16.5. The first-order valence-corrected chi connectivity index (χ1v) is 14.9. The van der Waals surface area contributed by atoms with Crippen molar-refractivity contribution in [2.24, 2.45) is 11.3 Å². The second-order valence-corrected chi connectivity index (χ2v) is 11.7. The highest BCUT2D eigenvalue weighted by Crippen LogP contribution is 2.47. The van der Waals surface area contributed by atoms with Gasteiger partial charge in [0.1, 0.15) is 5.75 Å². The Morgan fingerprint density at radius 3 is 2.19 bits per heavy atom. The van der Waals surface area contributed by atoms with Crippen LogP contribution in [0.2, 0.25) is 0 Å². The summed E-state index contributed by atoms with van der Waals surface area (Å²) in [6.45, 7) is 9.02. The van der Waals surface area contributed by atoms with E-state index in [0.29, 0.717) is 11.8 Å². The molecule has 3 rings (SSSR count). The van der Waals surface area contributed by atoms with Crippen LogP contribution >= 0.6 is 0 Å². The molecule has 2 aromatic rings. The Balaban J connectivity index is 1.48. The molecule has 2 heteroatoms. The summed E-state index contributed by atoms with van der Waals surface area (Å²) < 4.78 is 5.87. The topological polar surface area (TPSA) is 33.0 Å². The van der Waals surface area contributed by atoms with Gasteiger partial charge in [0.05, 0.1) is 18.1 Å². The van der Waals surface area contributed by atoms with Gasteiger partial charge in [0, 0.05) is 0 Å². The first kappa shape index (κ1) is 29.0. The minimum absolute atomic E-state index is 0.128. The molecular formula is C35H49NO. The van der Waals surface area contributed by atoms with E-state index in [4.69, 9.17) is 4.74 Å². The van der Waals surface area contributed by atoms with Crippen LogP contribution in [0.3, 0.4) is 0 Å². The maximum Gasteiger partial charge on any atom is 0.119 e. The maximum atomic E-state index is 10.2. The highest BCUT2D eigenvalue weighted by Gasteiger charge is 2.36. The Morgan fingerprint density at radius 2 is 1.57 bits per heavy atom. The predicted octanol–water partition coefficient (Wildman–Crippen LogP) is 10.6. The van der Waals surface area contributed by atoms with Crippen molar-refractivity contribution in [3.8, 4) is 22.9 Å². The first-order chi connectivity index (χ1) is 18.0. The molecule has 0 N–H and O–H groups in total. The highest BCUT2D eigenvalue weighted by molar-refractivity contribution is 5.64. The number of nitrogens with zero attached hydrogens (tertiary/aromatic N) is 1. The number of ether oxygens (including phenoxy) is 1. The van der Waals surface area contributed by atoms with Gasteiger partial charge in [-0.15, -0.1) is 6.58 Å². The Labute approximate surface area is 227 Å². The molecule has 200 valence electrons. The predicted molar refractivity (Wildman–Crippen MR) is 158 cm³/mol. The molecule has 1 fully saturated rings. The zero-order chi connectivity index (χ0) is 26.3. The molecule has 2 atom stereocenters. The minimum Gasteiger partial charge on any atom is -0.494 e. The number of rotatable bonds is 16. The molecule has 2 unspecified atom stereocenters. The van der Waals surface area contributed by atoms with Crippen molar-refractivity contribution in [3.05, 3.63) is 66.7 Å². The van der Waals surface area contributed by atoms with E-state index in [0.717, 1.165) is 44.5 Å². The van der Waals surface area contributed by atoms with Gasteiger partial charge in [0.2, 0.25) is 0 Å². The van der Waals surface area contributed by atoms with Crippen LogP contribution in [0, 0.1) is 22.7 Å². The molecule has 0 saturated heterocycles. The molecule has 0 bridgehead atoms. The maximum absolute atomic E-state index is 10.2. The fraction of sp³-hybridized carbons (Fsp3) is 0.571. The van der Waals surface area contributed by atoms with Crippen molar-refractivity contribution >= 4 is 0 Å². The third-order valence-corrected chi connectivity index (χ3v) is 8.18. The first-order valence-electron chi connectivity index (χ1n) is 14.9. The number of hydrogen-bond acceptors (Lipinski definition) is 2. The summed E-state index contributed by atoms with van der Waals surface area (Å²) in [7, 11) is 0. The van der Waals surface area contributed by atoms with Crippen LogP contribution in [0.5, 0.6) is 5.75 Å². The summed E-state index contributed by atoms with van der Waals surface area (Å²) in [5, 5.41) is 10.2. The lowest BCUT2D eigenvalue weighted by Crippen LogP contribution is -2.26. The second-order valence-electron chi connectivity index (χ2n) is 11.7. The van der Waals surface area contributed by atoms with Crippen molar-refractivity contribution in [3.63, 3.8) is 0 Å². The molecule has 37 heavy (non-hydrogen) atoms. The largest absolute Gasteiger partial charge is 0.494 e. The molecule has 0 spiro atoms. The van der Waals surface area contributed by atoms with E-state index in [1.54, 1.807) is 0 Å². The van der Waals surface area contributed by atoms with E-state index in [2.05, 4.69) is 75.0 Å².